The zero-order chi connectivity index (χ0) is 16.0. The van der Waals surface area contributed by atoms with Crippen LogP contribution in [-0.4, -0.2) is 11.6 Å². The lowest BCUT2D eigenvalue weighted by Crippen LogP contribution is -2.14. The maximum Gasteiger partial charge on any atom is 0.275 e. The number of rotatable bonds is 1. The molecule has 0 saturated carbocycles. The van der Waals surface area contributed by atoms with Crippen LogP contribution in [-0.2, 0) is 4.79 Å². The summed E-state index contributed by atoms with van der Waals surface area (Å²) in [5, 5.41) is 4.04. The predicted octanol–water partition coefficient (Wildman–Crippen LogP) is 5.79. The van der Waals surface area contributed by atoms with Gasteiger partial charge in [0.15, 0.2) is 0 Å². The number of anilines is 1. The van der Waals surface area contributed by atoms with E-state index in [0.717, 1.165) is 5.56 Å². The monoisotopic (exact) mass is 416 g/mol. The van der Waals surface area contributed by atoms with Crippen molar-refractivity contribution >= 4 is 73.7 Å². The summed E-state index contributed by atoms with van der Waals surface area (Å²) in [6.07, 6.45) is 0. The lowest BCUT2D eigenvalue weighted by atomic mass is 10.1. The number of fused-ring (bicyclic) bond motifs is 1. The van der Waals surface area contributed by atoms with Gasteiger partial charge in [-0.05, 0) is 46.6 Å². The smallest absolute Gasteiger partial charge is 0.275 e. The minimum absolute atomic E-state index is 0.277. The molecular formula is C15H8BrCl3N2O. The molecule has 0 fully saturated rings. The van der Waals surface area contributed by atoms with Crippen molar-refractivity contribution in [1.82, 2.24) is 0 Å². The van der Waals surface area contributed by atoms with Crippen molar-refractivity contribution in [2.75, 3.05) is 5.32 Å². The van der Waals surface area contributed by atoms with Crippen LogP contribution in [0.5, 0.6) is 0 Å². The van der Waals surface area contributed by atoms with Gasteiger partial charge >= 0.3 is 0 Å². The summed E-state index contributed by atoms with van der Waals surface area (Å²) in [5.74, 6) is -0.302. The second-order valence-corrected chi connectivity index (χ2v) is 6.72. The van der Waals surface area contributed by atoms with E-state index in [2.05, 4.69) is 26.2 Å². The molecular weight excluding hydrogens is 410 g/mol. The van der Waals surface area contributed by atoms with E-state index in [1.54, 1.807) is 24.3 Å². The van der Waals surface area contributed by atoms with Crippen LogP contribution in [0.4, 0.5) is 11.4 Å². The third-order valence-electron chi connectivity index (χ3n) is 3.33. The van der Waals surface area contributed by atoms with Crippen molar-refractivity contribution in [3.05, 3.63) is 54.9 Å². The molecule has 0 saturated heterocycles. The predicted molar refractivity (Wildman–Crippen MR) is 95.2 cm³/mol. The third kappa shape index (κ3) is 2.54. The largest absolute Gasteiger partial charge is 0.320 e. The lowest BCUT2D eigenvalue weighted by molar-refractivity contribution is -0.110. The molecule has 0 unspecified atom stereocenters. The van der Waals surface area contributed by atoms with Crippen LogP contribution < -0.4 is 5.32 Å². The molecule has 0 atom stereocenters. The van der Waals surface area contributed by atoms with Gasteiger partial charge in [-0.15, -0.1) is 0 Å². The van der Waals surface area contributed by atoms with E-state index >= 15 is 0 Å². The molecule has 0 aromatic heterocycles. The van der Waals surface area contributed by atoms with Crippen LogP contribution in [0.1, 0.15) is 11.1 Å². The van der Waals surface area contributed by atoms with Gasteiger partial charge in [0.1, 0.15) is 5.71 Å². The van der Waals surface area contributed by atoms with Gasteiger partial charge in [0.25, 0.3) is 5.91 Å². The highest BCUT2D eigenvalue weighted by molar-refractivity contribution is 9.10. The molecule has 22 heavy (non-hydrogen) atoms. The fraction of sp³-hybridized carbons (Fsp3) is 0.0667. The maximum absolute atomic E-state index is 12.2. The number of nitrogens with one attached hydrogen (secondary N) is 1. The average molecular weight is 419 g/mol. The SMILES string of the molecule is Cc1c(Cl)c(Br)cc2c1NC(=O)C2=Nc1cccc(Cl)c1Cl. The van der Waals surface area contributed by atoms with Crippen LogP contribution >= 0.6 is 50.7 Å². The molecule has 0 bridgehead atoms. The summed E-state index contributed by atoms with van der Waals surface area (Å²) in [7, 11) is 0. The highest BCUT2D eigenvalue weighted by atomic mass is 79.9. The minimum atomic E-state index is -0.302. The molecule has 1 heterocycles. The first-order valence-electron chi connectivity index (χ1n) is 6.23. The minimum Gasteiger partial charge on any atom is -0.320 e. The Kier molecular flexibility index (Phi) is 4.21. The Bertz CT molecular complexity index is 849. The van der Waals surface area contributed by atoms with E-state index in [9.17, 15) is 4.79 Å². The van der Waals surface area contributed by atoms with E-state index in [-0.39, 0.29) is 11.6 Å². The quantitative estimate of drug-likeness (QED) is 0.626. The van der Waals surface area contributed by atoms with Crippen LogP contribution in [0, 0.1) is 6.92 Å². The van der Waals surface area contributed by atoms with Crippen molar-refractivity contribution in [3.63, 3.8) is 0 Å². The summed E-state index contributed by atoms with van der Waals surface area (Å²) in [6, 6.07) is 6.85. The van der Waals surface area contributed by atoms with Crippen molar-refractivity contribution < 1.29 is 4.79 Å². The van der Waals surface area contributed by atoms with E-state index in [4.69, 9.17) is 34.8 Å². The van der Waals surface area contributed by atoms with Gasteiger partial charge < -0.3 is 5.32 Å². The van der Waals surface area contributed by atoms with E-state index < -0.39 is 0 Å². The normalized spacial score (nSPS) is 15.1. The van der Waals surface area contributed by atoms with Crippen LogP contribution in [0.3, 0.4) is 0 Å². The second-order valence-electron chi connectivity index (χ2n) is 4.71. The molecule has 0 radical (unpaired) electrons. The summed E-state index contributed by atoms with van der Waals surface area (Å²) in [4.78, 5) is 16.6. The van der Waals surface area contributed by atoms with Crippen molar-refractivity contribution in [3.8, 4) is 0 Å². The Balaban J connectivity index is 2.21. The van der Waals surface area contributed by atoms with Gasteiger partial charge in [-0.1, -0.05) is 40.9 Å². The van der Waals surface area contributed by atoms with E-state index in [0.29, 0.717) is 36.5 Å². The van der Waals surface area contributed by atoms with Gasteiger partial charge in [0.05, 0.1) is 26.4 Å². The van der Waals surface area contributed by atoms with Crippen LogP contribution in [0.15, 0.2) is 33.7 Å². The first-order valence-corrected chi connectivity index (χ1v) is 8.16. The van der Waals surface area contributed by atoms with Crippen molar-refractivity contribution in [2.45, 2.75) is 6.92 Å². The molecule has 112 valence electrons. The zero-order valence-corrected chi connectivity index (χ0v) is 15.0. The highest BCUT2D eigenvalue weighted by Crippen LogP contribution is 2.39. The number of nitrogens with zero attached hydrogens (tertiary/aromatic N) is 1. The molecule has 1 N–H and O–H groups in total. The van der Waals surface area contributed by atoms with Gasteiger partial charge in [-0.3, -0.25) is 4.79 Å². The van der Waals surface area contributed by atoms with Gasteiger partial charge in [-0.2, -0.15) is 0 Å². The highest BCUT2D eigenvalue weighted by Gasteiger charge is 2.29. The number of carbonyl (C=O) groups is 1. The molecule has 1 aliphatic heterocycles. The molecule has 3 rings (SSSR count). The van der Waals surface area contributed by atoms with Crippen molar-refractivity contribution in [1.29, 1.82) is 0 Å². The average Bonchev–Trinajstić information content (AvgIpc) is 2.78. The lowest BCUT2D eigenvalue weighted by Gasteiger charge is -2.07. The fourth-order valence-corrected chi connectivity index (χ4v) is 3.22. The van der Waals surface area contributed by atoms with Gasteiger partial charge in [-0.25, -0.2) is 4.99 Å². The first-order chi connectivity index (χ1) is 10.4. The number of hydrogen-bond donors (Lipinski definition) is 1. The molecule has 7 heteroatoms. The zero-order valence-electron chi connectivity index (χ0n) is 11.2. The number of benzene rings is 2. The molecule has 1 aliphatic rings. The molecule has 0 spiro atoms. The van der Waals surface area contributed by atoms with E-state index in [1.165, 1.54) is 0 Å². The Hall–Kier alpha value is -1.07. The fourth-order valence-electron chi connectivity index (χ4n) is 2.21. The number of aliphatic imine (C=N–C) groups is 1. The van der Waals surface area contributed by atoms with Crippen molar-refractivity contribution in [2.24, 2.45) is 4.99 Å². The Labute approximate surface area is 150 Å². The third-order valence-corrected chi connectivity index (χ3v) is 5.48. The molecule has 3 nitrogen and oxygen atoms in total. The summed E-state index contributed by atoms with van der Waals surface area (Å²) >= 11 is 21.7. The number of amides is 1. The summed E-state index contributed by atoms with van der Waals surface area (Å²) < 4.78 is 0.701. The van der Waals surface area contributed by atoms with Crippen LogP contribution in [0.2, 0.25) is 15.1 Å². The van der Waals surface area contributed by atoms with E-state index in [1.807, 2.05) is 6.92 Å². The first kappa shape index (κ1) is 15.8. The standard InChI is InChI=1S/C15H8BrCl3N2O/c1-6-11(18)8(16)5-7-13(6)21-15(22)14(7)20-10-4-2-3-9(17)12(10)19/h2-5H,1H3,(H,20,21,22). The summed E-state index contributed by atoms with van der Waals surface area (Å²) in [5.41, 5.74) is 2.84. The summed E-state index contributed by atoms with van der Waals surface area (Å²) in [6.45, 7) is 1.83. The molecule has 2 aromatic rings. The Morgan fingerprint density at radius 3 is 2.64 bits per heavy atom. The molecule has 2 aromatic carbocycles. The topological polar surface area (TPSA) is 41.5 Å². The number of halogens is 4. The van der Waals surface area contributed by atoms with Crippen LogP contribution in [0.25, 0.3) is 0 Å². The molecule has 1 amide bonds. The number of hydrogen-bond acceptors (Lipinski definition) is 2. The van der Waals surface area contributed by atoms with Gasteiger partial charge in [0.2, 0.25) is 0 Å². The Morgan fingerprint density at radius 2 is 1.91 bits per heavy atom. The van der Waals surface area contributed by atoms with Gasteiger partial charge in [0, 0.05) is 10.0 Å². The maximum atomic E-state index is 12.2. The Morgan fingerprint density at radius 1 is 1.18 bits per heavy atom. The second kappa shape index (κ2) is 5.85. The number of carbonyl (C=O) groups excluding carboxylic acids is 1. The molecule has 0 aliphatic carbocycles.